The third-order valence-corrected chi connectivity index (χ3v) is 15.0. The molecule has 0 aliphatic heterocycles. The van der Waals surface area contributed by atoms with Crippen molar-refractivity contribution < 1.29 is 121 Å². The van der Waals surface area contributed by atoms with E-state index in [1.54, 1.807) is 16.9 Å². The van der Waals surface area contributed by atoms with Crippen molar-refractivity contribution in [1.82, 2.24) is 69.7 Å². The van der Waals surface area contributed by atoms with Crippen LogP contribution in [0.3, 0.4) is 0 Å². The Hall–Kier alpha value is -7.22. The first-order valence-electron chi connectivity index (χ1n) is 27.0. The molecule has 0 aliphatic rings. The molecule has 0 amide bonds. The van der Waals surface area contributed by atoms with Crippen LogP contribution in [0.2, 0.25) is 0 Å². The number of hydrogen-bond donors (Lipinski definition) is 0. The Morgan fingerprint density at radius 2 is 0.742 bits per heavy atom. The summed E-state index contributed by atoms with van der Waals surface area (Å²) in [6.45, 7) is 10.6. The number of aryl methyl sites for hydroxylation is 5. The van der Waals surface area contributed by atoms with Gasteiger partial charge in [0.25, 0.3) is 0 Å². The van der Waals surface area contributed by atoms with E-state index in [2.05, 4.69) is 179 Å². The fourth-order valence-corrected chi connectivity index (χ4v) is 10.7. The summed E-state index contributed by atoms with van der Waals surface area (Å²) in [4.78, 5) is 47.8. The van der Waals surface area contributed by atoms with Crippen molar-refractivity contribution in [2.75, 3.05) is 0 Å². The fourth-order valence-electron chi connectivity index (χ4n) is 10.7. The molecule has 6 radical (unpaired) electrons. The van der Waals surface area contributed by atoms with Crippen LogP contribution in [0.25, 0.3) is 125 Å². The van der Waals surface area contributed by atoms with Gasteiger partial charge in [-0.2, -0.15) is 31.0 Å². The molecule has 0 saturated heterocycles. The summed E-state index contributed by atoms with van der Waals surface area (Å²) in [5, 5.41) is 20.4. The van der Waals surface area contributed by atoms with Crippen LogP contribution in [0.5, 0.6) is 0 Å². The van der Waals surface area contributed by atoms with Gasteiger partial charge in [0.05, 0.1) is 27.6 Å². The zero-order chi connectivity index (χ0) is 56.4. The molecule has 18 rings (SSSR count). The van der Waals surface area contributed by atoms with E-state index in [9.17, 15) is 0 Å². The van der Waals surface area contributed by atoms with Gasteiger partial charge in [-0.3, -0.25) is 29.4 Å². The third-order valence-electron chi connectivity index (χ3n) is 15.0. The Balaban J connectivity index is 0.000000150. The second kappa shape index (κ2) is 31.0. The van der Waals surface area contributed by atoms with Crippen molar-refractivity contribution in [2.24, 2.45) is 0 Å². The Bertz CT molecular complexity index is 5240. The van der Waals surface area contributed by atoms with Gasteiger partial charge >= 0.3 is 0 Å². The van der Waals surface area contributed by atoms with Gasteiger partial charge in [-0.25, -0.2) is 5.10 Å². The molecule has 0 spiro atoms. The molecule has 456 valence electrons. The number of pyridine rings is 7. The van der Waals surface area contributed by atoms with Crippen molar-refractivity contribution in [3.8, 4) is 0 Å². The van der Waals surface area contributed by atoms with Gasteiger partial charge in [0.1, 0.15) is 0 Å². The van der Waals surface area contributed by atoms with Crippen LogP contribution in [0, 0.1) is 40.8 Å². The predicted molar refractivity (Wildman–Crippen MR) is 334 cm³/mol. The van der Waals surface area contributed by atoms with Crippen LogP contribution in [-0.2, 0) is 121 Å². The average molecular weight is 2230 g/mol. The summed E-state index contributed by atoms with van der Waals surface area (Å²) in [6, 6.07) is 46.8. The van der Waals surface area contributed by atoms with Crippen molar-refractivity contribution in [1.29, 1.82) is 0 Å². The first-order valence-corrected chi connectivity index (χ1v) is 27.0. The first kappa shape index (κ1) is 69.3. The van der Waals surface area contributed by atoms with E-state index in [4.69, 9.17) is 0 Å². The van der Waals surface area contributed by atoms with Gasteiger partial charge in [-0.1, -0.05) is 130 Å². The van der Waals surface area contributed by atoms with E-state index in [1.165, 1.54) is 60.1 Å². The summed E-state index contributed by atoms with van der Waals surface area (Å²) < 4.78 is 1.66. The Morgan fingerprint density at radius 1 is 0.326 bits per heavy atom. The molecule has 0 atom stereocenters. The van der Waals surface area contributed by atoms with Crippen LogP contribution in [0.4, 0.5) is 0 Å². The predicted octanol–water partition coefficient (Wildman–Crippen LogP) is 14.3. The minimum absolute atomic E-state index is 0. The molecule has 0 fully saturated rings. The summed E-state index contributed by atoms with van der Waals surface area (Å²) in [5.74, 6) is 0. The number of nitrogens with zero attached hydrogens (tertiary/aromatic N) is 14. The van der Waals surface area contributed by atoms with Gasteiger partial charge in [0.15, 0.2) is 0 Å². The van der Waals surface area contributed by atoms with Crippen LogP contribution in [-0.4, -0.2) is 44.7 Å². The molecule has 0 saturated carbocycles. The fraction of sp³-hybridized carbons (Fsp3) is 0.0725. The molecule has 5 aromatic carbocycles. The summed E-state index contributed by atoms with van der Waals surface area (Å²) in [7, 11) is 0. The quantitative estimate of drug-likeness (QED) is 0.131. The van der Waals surface area contributed by atoms with E-state index in [1.807, 2.05) is 129 Å². The van der Waals surface area contributed by atoms with E-state index in [0.717, 1.165) is 93.1 Å². The SMILES string of the molecule is Cc1c(C)c2cc[n-]c2c2ncccc12.Cc1c[n-]c2c1ccc1cccnc12.Cc1cc2cc[n-]c2c2ncccc12.Cc1cc2cccnc2c2[n-]ccc12.[Ir].[Ir].[Ir].[Ir].[Ir].[Ir].[c-]1nnn2ccc3cccnc3c12.c1cnc2c(c1)ccc1cc[n-]c12. The second-order valence-corrected chi connectivity index (χ2v) is 20.1. The second-order valence-electron chi connectivity index (χ2n) is 20.1. The largest absolute Gasteiger partial charge is 0.662 e. The number of fused-ring (bicyclic) bond motifs is 18. The number of hydrogen-bond acceptors (Lipinski definition) is 8. The molecule has 13 heterocycles. The topological polar surface area (TPSA) is 178 Å². The molecule has 13 aromatic heterocycles. The number of rotatable bonds is 0. The number of benzene rings is 5. The molecule has 18 aromatic rings. The van der Waals surface area contributed by atoms with Crippen molar-refractivity contribution in [3.63, 3.8) is 0 Å². The van der Waals surface area contributed by atoms with E-state index >= 15 is 0 Å². The van der Waals surface area contributed by atoms with Gasteiger partial charge in [-0.15, -0.1) is 27.6 Å². The maximum atomic E-state index is 4.42. The van der Waals surface area contributed by atoms with Crippen molar-refractivity contribution >= 4 is 125 Å². The van der Waals surface area contributed by atoms with Crippen LogP contribution >= 0.6 is 0 Å². The molecule has 89 heavy (non-hydrogen) atoms. The standard InChI is InChI=1S/C13H11N2.3C12H9N2.C11H7N2.C9H5N4.6Ir/c1-8-9(2)11-5-7-15-13(11)12-10(8)4-3-6-14-12;1-8-7-14-12-10(8)5-4-9-3-2-6-13-11(9)12;1-8-7-9-4-6-14-11(9)12-10(8)3-2-5-13-12;1-8-7-9-3-2-5-13-11(9)12-10(8)4-6-14-12;1-2-8-3-4-9-5-7-13-11(9)10(8)12-6-1;1-2-7-3-5-13-8(6-11-12-13)9(7)10-4-1;;;;;;/h3-7H,1-2H3;3*2-7H,1H3;1-7H;1-5H;;;;;;/q6*-1;;;;;;. The van der Waals surface area contributed by atoms with Gasteiger partial charge in [0.2, 0.25) is 0 Å². The Kier molecular flexibility index (Phi) is 24.1. The van der Waals surface area contributed by atoms with E-state index in [-0.39, 0.29) is 121 Å². The van der Waals surface area contributed by atoms with E-state index in [0.29, 0.717) is 0 Å². The monoisotopic (exact) mass is 2230 g/mol. The maximum Gasteiger partial charge on any atom is 0.0564 e. The molecular weight excluding hydrogens is 2180 g/mol. The van der Waals surface area contributed by atoms with E-state index < -0.39 is 0 Å². The van der Waals surface area contributed by atoms with Gasteiger partial charge < -0.3 is 29.9 Å². The minimum atomic E-state index is 0. The molecule has 0 aliphatic carbocycles. The molecule has 14 nitrogen and oxygen atoms in total. The maximum absolute atomic E-state index is 4.42. The zero-order valence-corrected chi connectivity index (χ0v) is 62.3. The Labute approximate surface area is 592 Å². The van der Waals surface area contributed by atoms with Gasteiger partial charge in [0, 0.05) is 175 Å². The first-order chi connectivity index (χ1) is 40.8. The zero-order valence-electron chi connectivity index (χ0n) is 48.0. The normalized spacial score (nSPS) is 10.4. The summed E-state index contributed by atoms with van der Waals surface area (Å²) >= 11 is 0. The van der Waals surface area contributed by atoms with Crippen molar-refractivity contribution in [2.45, 2.75) is 34.6 Å². The Morgan fingerprint density at radius 3 is 1.40 bits per heavy atom. The van der Waals surface area contributed by atoms with Gasteiger partial charge in [-0.05, 0) is 142 Å². The molecule has 0 unspecified atom stereocenters. The minimum Gasteiger partial charge on any atom is -0.662 e. The van der Waals surface area contributed by atoms with Crippen LogP contribution < -0.4 is 24.9 Å². The molecule has 0 bridgehead atoms. The number of aromatic nitrogens is 14. The van der Waals surface area contributed by atoms with Crippen molar-refractivity contribution in [3.05, 3.63) is 248 Å². The smallest absolute Gasteiger partial charge is 0.0564 e. The average Bonchev–Trinajstić information content (AvgIpc) is 2.32. The van der Waals surface area contributed by atoms with Crippen LogP contribution in [0.1, 0.15) is 27.8 Å². The summed E-state index contributed by atoms with van der Waals surface area (Å²) in [5.41, 5.74) is 18.1. The molecule has 20 heteroatoms. The summed E-state index contributed by atoms with van der Waals surface area (Å²) in [6.07, 6.45) is 24.7. The molecule has 0 N–H and O–H groups in total. The molecular formula is C69H50Ir6N14-6. The third kappa shape index (κ3) is 14.1. The van der Waals surface area contributed by atoms with Crippen LogP contribution in [0.15, 0.2) is 214 Å².